The number of hydrogen-bond donors (Lipinski definition) is 0. The van der Waals surface area contributed by atoms with Crippen LogP contribution in [0.1, 0.15) is 25.7 Å². The fourth-order valence-electron chi connectivity index (χ4n) is 5.76. The Kier molecular flexibility index (Phi) is 15.7. The zero-order valence-electron chi connectivity index (χ0n) is 26.7. The molecule has 47 heavy (non-hydrogen) atoms. The zero-order chi connectivity index (χ0) is 31.8. The van der Waals surface area contributed by atoms with E-state index in [9.17, 15) is 0 Å². The number of rotatable bonds is 6. The molecular formula is C42H46N2P2Ru+2. The molecular weight excluding hydrogens is 695 g/mol. The molecule has 0 amide bonds. The van der Waals surface area contributed by atoms with Crippen LogP contribution >= 0.6 is 15.8 Å². The maximum absolute atomic E-state index is 7.29. The third kappa shape index (κ3) is 11.1. The molecule has 0 spiro atoms. The Bertz CT molecular complexity index is 1340. The van der Waals surface area contributed by atoms with E-state index in [0.29, 0.717) is 0 Å². The molecule has 1 saturated carbocycles. The van der Waals surface area contributed by atoms with Crippen molar-refractivity contribution in [2.24, 2.45) is 0 Å². The van der Waals surface area contributed by atoms with Gasteiger partial charge in [-0.15, -0.1) is 0 Å². The largest absolute Gasteiger partial charge is 0.102 e. The zero-order valence-corrected chi connectivity index (χ0v) is 30.7. The Balaban J connectivity index is 0.000000171. The summed E-state index contributed by atoms with van der Waals surface area (Å²) in [4.78, 5) is 0. The molecule has 2 atom stereocenters. The Morgan fingerprint density at radius 2 is 0.489 bits per heavy atom. The van der Waals surface area contributed by atoms with Gasteiger partial charge in [0.25, 0.3) is 0 Å². The van der Waals surface area contributed by atoms with Crippen LogP contribution in [0.4, 0.5) is 0 Å². The minimum absolute atomic E-state index is 0. The summed E-state index contributed by atoms with van der Waals surface area (Å²) in [5.41, 5.74) is 14.6. The van der Waals surface area contributed by atoms with Gasteiger partial charge in [-0.3, -0.25) is 0 Å². The van der Waals surface area contributed by atoms with E-state index in [-0.39, 0.29) is 31.6 Å². The normalized spacial score (nSPS) is 15.3. The first-order chi connectivity index (χ1) is 22.7. The standard InChI is InChI=1S/2C18H15P.C6H12N2.Ru.2H/c2*1-4-10-16(11-5-1)19(17-12-6-2-7-13-17)18-14-8-3-9-15-18;7-5-3-1-2-4-6(5)8;;;/h2*1-15H;5-8H,1-4H2;;;/q;;-2;+2;;/p+2/t;;5-,6?;;;/m..1.../s1. The second-order valence-corrected chi connectivity index (χ2v) is 16.4. The minimum Gasteiger partial charge on any atom is -0.0620 e. The summed E-state index contributed by atoms with van der Waals surface area (Å²) in [6.45, 7) is 0. The molecule has 1 aliphatic carbocycles. The first kappa shape index (κ1) is 36.6. The predicted molar refractivity (Wildman–Crippen MR) is 211 cm³/mol. The summed E-state index contributed by atoms with van der Waals surface area (Å²) >= 11 is 0. The average molecular weight is 742 g/mol. The van der Waals surface area contributed by atoms with Crippen LogP contribution in [-0.4, -0.2) is 12.1 Å². The van der Waals surface area contributed by atoms with Crippen LogP contribution in [-0.2, 0) is 19.5 Å². The van der Waals surface area contributed by atoms with Gasteiger partial charge in [0, 0.05) is 0 Å². The smallest absolute Gasteiger partial charge is 0.0620 e. The molecule has 6 aromatic rings. The monoisotopic (exact) mass is 742 g/mol. The topological polar surface area (TPSA) is 47.6 Å². The van der Waals surface area contributed by atoms with Crippen molar-refractivity contribution in [2.75, 3.05) is 0 Å². The van der Waals surface area contributed by atoms with Gasteiger partial charge in [-0.2, -0.15) is 12.1 Å². The van der Waals surface area contributed by atoms with Crippen LogP contribution < -0.4 is 31.8 Å². The van der Waals surface area contributed by atoms with E-state index >= 15 is 0 Å². The fourth-order valence-corrected chi connectivity index (χ4v) is 10.9. The Labute approximate surface area is 296 Å². The average Bonchev–Trinajstić information content (AvgIpc) is 3.13. The van der Waals surface area contributed by atoms with Crippen LogP contribution in [0.5, 0.6) is 0 Å². The maximum atomic E-state index is 7.29. The quantitative estimate of drug-likeness (QED) is 0.122. The van der Waals surface area contributed by atoms with Crippen molar-refractivity contribution < 1.29 is 19.5 Å². The number of hydrogen-bond acceptors (Lipinski definition) is 0. The van der Waals surface area contributed by atoms with Gasteiger partial charge in [0.05, 0.1) is 15.8 Å². The summed E-state index contributed by atoms with van der Waals surface area (Å²) in [6.07, 6.45) is 4.25. The van der Waals surface area contributed by atoms with Gasteiger partial charge in [-0.25, -0.2) is 0 Å². The van der Waals surface area contributed by atoms with E-state index in [4.69, 9.17) is 11.5 Å². The Morgan fingerprint density at radius 1 is 0.319 bits per heavy atom. The summed E-state index contributed by atoms with van der Waals surface area (Å²) in [7, 11) is -1.75. The van der Waals surface area contributed by atoms with E-state index in [1.807, 2.05) is 0 Å². The van der Waals surface area contributed by atoms with Crippen LogP contribution in [0.15, 0.2) is 182 Å². The van der Waals surface area contributed by atoms with Gasteiger partial charge in [-0.05, 0) is 72.8 Å². The van der Waals surface area contributed by atoms with Gasteiger partial charge in [-0.1, -0.05) is 135 Å². The van der Waals surface area contributed by atoms with Crippen molar-refractivity contribution >= 4 is 47.7 Å². The maximum Gasteiger partial charge on any atom is 0.102 e. The van der Waals surface area contributed by atoms with Crippen molar-refractivity contribution in [2.45, 2.75) is 37.8 Å². The molecule has 0 heterocycles. The molecule has 0 radical (unpaired) electrons. The molecule has 0 saturated heterocycles. The van der Waals surface area contributed by atoms with Gasteiger partial charge in [0.15, 0.2) is 0 Å². The Hall–Kier alpha value is -3.28. The number of nitrogens with one attached hydrogen (secondary N) is 2. The molecule has 1 unspecified atom stereocenters. The summed E-state index contributed by atoms with van der Waals surface area (Å²) in [5.74, 6) is 0. The molecule has 240 valence electrons. The summed E-state index contributed by atoms with van der Waals surface area (Å²) < 4.78 is 0. The third-order valence-corrected chi connectivity index (χ3v) is 13.6. The van der Waals surface area contributed by atoms with E-state index in [0.717, 1.165) is 12.8 Å². The van der Waals surface area contributed by atoms with Gasteiger partial charge in [0.1, 0.15) is 31.8 Å². The SMILES string of the molecule is [NH-]C1CCCC[C@H]1[NH-].[RuH2+2].c1ccc([PH+](c2ccccc2)c2ccccc2)cc1.c1ccc([PH+](c2ccccc2)c2ccccc2)cc1. The van der Waals surface area contributed by atoms with Gasteiger partial charge < -0.3 is 11.5 Å². The molecule has 5 heteroatoms. The van der Waals surface area contributed by atoms with Crippen molar-refractivity contribution in [3.05, 3.63) is 193 Å². The van der Waals surface area contributed by atoms with Crippen LogP contribution in [0.2, 0.25) is 0 Å². The summed E-state index contributed by atoms with van der Waals surface area (Å²) in [6, 6.07) is 64.8. The van der Waals surface area contributed by atoms with Gasteiger partial charge >= 0.3 is 19.5 Å². The third-order valence-electron chi connectivity index (χ3n) is 8.14. The van der Waals surface area contributed by atoms with Crippen LogP contribution in [0.3, 0.4) is 0 Å². The second-order valence-electron chi connectivity index (χ2n) is 11.4. The van der Waals surface area contributed by atoms with E-state index < -0.39 is 15.8 Å². The number of benzene rings is 6. The molecule has 2 N–H and O–H groups in total. The van der Waals surface area contributed by atoms with Crippen molar-refractivity contribution in [3.63, 3.8) is 0 Å². The van der Waals surface area contributed by atoms with Crippen molar-refractivity contribution in [3.8, 4) is 0 Å². The molecule has 0 bridgehead atoms. The fraction of sp³-hybridized carbons (Fsp3) is 0.143. The van der Waals surface area contributed by atoms with E-state index in [2.05, 4.69) is 182 Å². The summed E-state index contributed by atoms with van der Waals surface area (Å²) in [5, 5.41) is 8.61. The molecule has 7 rings (SSSR count). The molecule has 0 aliphatic heterocycles. The van der Waals surface area contributed by atoms with Crippen molar-refractivity contribution in [1.29, 1.82) is 0 Å². The van der Waals surface area contributed by atoms with Crippen LogP contribution in [0.25, 0.3) is 11.5 Å². The predicted octanol–water partition coefficient (Wildman–Crippen LogP) is 8.22. The van der Waals surface area contributed by atoms with E-state index in [1.54, 1.807) is 0 Å². The first-order valence-corrected chi connectivity index (χ1v) is 19.2. The Morgan fingerprint density at radius 3 is 0.638 bits per heavy atom. The minimum atomic E-state index is -0.877. The molecule has 6 aromatic carbocycles. The second kappa shape index (κ2) is 20.2. The first-order valence-electron chi connectivity index (χ1n) is 16.2. The molecule has 2 nitrogen and oxygen atoms in total. The van der Waals surface area contributed by atoms with Crippen LogP contribution in [0, 0.1) is 0 Å². The van der Waals surface area contributed by atoms with E-state index in [1.165, 1.54) is 44.7 Å². The molecule has 1 fully saturated rings. The van der Waals surface area contributed by atoms with Gasteiger partial charge in [0.2, 0.25) is 0 Å². The van der Waals surface area contributed by atoms with Crippen molar-refractivity contribution in [1.82, 2.24) is 0 Å². The molecule has 0 aromatic heterocycles. The molecule has 1 aliphatic rings.